The molecule has 0 fully saturated rings. The first kappa shape index (κ1) is 17.5. The quantitative estimate of drug-likeness (QED) is 0.612. The van der Waals surface area contributed by atoms with E-state index in [-0.39, 0.29) is 5.91 Å². The van der Waals surface area contributed by atoms with Crippen LogP contribution in [0.15, 0.2) is 30.3 Å². The normalized spacial score (nSPS) is 11.3. The maximum absolute atomic E-state index is 12.1. The Morgan fingerprint density at radius 2 is 1.52 bits per heavy atom. The zero-order valence-corrected chi connectivity index (χ0v) is 13.4. The van der Waals surface area contributed by atoms with Crippen molar-refractivity contribution in [3.63, 3.8) is 0 Å². The Hall–Kier alpha value is -1.51. The molecular formula is C18H29NO2. The van der Waals surface area contributed by atoms with Gasteiger partial charge in [-0.2, -0.15) is 0 Å². The minimum absolute atomic E-state index is 0.335. The van der Waals surface area contributed by atoms with Gasteiger partial charge in [-0.1, -0.05) is 57.7 Å². The molecule has 2 N–H and O–H groups in total. The van der Waals surface area contributed by atoms with E-state index >= 15 is 0 Å². The lowest BCUT2D eigenvalue weighted by Crippen LogP contribution is -2.49. The van der Waals surface area contributed by atoms with E-state index in [2.05, 4.69) is 13.8 Å². The molecule has 0 bridgehead atoms. The third-order valence-electron chi connectivity index (χ3n) is 3.87. The Morgan fingerprint density at radius 1 is 1.00 bits per heavy atom. The largest absolute Gasteiger partial charge is 0.477 e. The lowest BCUT2D eigenvalue weighted by molar-refractivity contribution is -0.135. The number of unbranched alkanes of at least 4 members (excludes halogenated alkanes) is 4. The van der Waals surface area contributed by atoms with Gasteiger partial charge in [-0.15, -0.1) is 0 Å². The van der Waals surface area contributed by atoms with Crippen LogP contribution in [0.5, 0.6) is 5.75 Å². The van der Waals surface area contributed by atoms with Gasteiger partial charge in [0, 0.05) is 0 Å². The summed E-state index contributed by atoms with van der Waals surface area (Å²) in [6.07, 6.45) is 7.78. The summed E-state index contributed by atoms with van der Waals surface area (Å²) in [6.45, 7) is 4.31. The van der Waals surface area contributed by atoms with Crippen LogP contribution in [0.25, 0.3) is 0 Å². The fourth-order valence-electron chi connectivity index (χ4n) is 2.56. The first-order valence-electron chi connectivity index (χ1n) is 8.18. The molecule has 118 valence electrons. The summed E-state index contributed by atoms with van der Waals surface area (Å²) in [5, 5.41) is 0. The molecule has 0 aliphatic heterocycles. The predicted octanol–water partition coefficient (Wildman–Crippen LogP) is 4.45. The molecule has 3 nitrogen and oxygen atoms in total. The number of benzene rings is 1. The van der Waals surface area contributed by atoms with Gasteiger partial charge in [-0.05, 0) is 37.8 Å². The second kappa shape index (κ2) is 9.43. The summed E-state index contributed by atoms with van der Waals surface area (Å²) in [4.78, 5) is 12.1. The molecule has 0 spiro atoms. The SMILES string of the molecule is CCCCCC(CCCCC)(Oc1ccccc1)C(N)=O. The molecule has 0 radical (unpaired) electrons. The highest BCUT2D eigenvalue weighted by atomic mass is 16.5. The standard InChI is InChI=1S/C18H29NO2/c1-3-5-10-14-18(17(19)20,15-11-6-4-2)21-16-12-8-7-9-13-16/h7-9,12-13H,3-6,10-11,14-15H2,1-2H3,(H2,19,20). The Labute approximate surface area is 128 Å². The molecule has 0 unspecified atom stereocenters. The Kier molecular flexibility index (Phi) is 7.88. The highest BCUT2D eigenvalue weighted by molar-refractivity contribution is 5.83. The van der Waals surface area contributed by atoms with Crippen molar-refractivity contribution in [3.05, 3.63) is 30.3 Å². The topological polar surface area (TPSA) is 52.3 Å². The molecule has 0 heterocycles. The zero-order chi connectivity index (χ0) is 15.6. The summed E-state index contributed by atoms with van der Waals surface area (Å²) < 4.78 is 6.08. The molecule has 0 aliphatic rings. The van der Waals surface area contributed by atoms with Crippen LogP contribution < -0.4 is 10.5 Å². The number of nitrogens with two attached hydrogens (primary N) is 1. The zero-order valence-electron chi connectivity index (χ0n) is 13.4. The highest BCUT2D eigenvalue weighted by Gasteiger charge is 2.37. The van der Waals surface area contributed by atoms with Gasteiger partial charge in [0.1, 0.15) is 5.75 Å². The summed E-state index contributed by atoms with van der Waals surface area (Å²) in [5.74, 6) is 0.392. The monoisotopic (exact) mass is 291 g/mol. The van der Waals surface area contributed by atoms with Crippen molar-refractivity contribution in [3.8, 4) is 5.75 Å². The van der Waals surface area contributed by atoms with Gasteiger partial charge in [0.2, 0.25) is 0 Å². The molecule has 0 aliphatic carbocycles. The van der Waals surface area contributed by atoms with E-state index < -0.39 is 5.60 Å². The van der Waals surface area contributed by atoms with Crippen molar-refractivity contribution in [1.29, 1.82) is 0 Å². The first-order chi connectivity index (χ1) is 10.1. The van der Waals surface area contributed by atoms with Crippen LogP contribution >= 0.6 is 0 Å². The molecule has 3 heteroatoms. The molecule has 0 saturated carbocycles. The molecule has 1 aromatic carbocycles. The Morgan fingerprint density at radius 3 is 1.95 bits per heavy atom. The Bertz CT molecular complexity index is 393. The van der Waals surface area contributed by atoms with Crippen LogP contribution in [-0.2, 0) is 4.79 Å². The van der Waals surface area contributed by atoms with E-state index in [0.717, 1.165) is 44.3 Å². The highest BCUT2D eigenvalue weighted by Crippen LogP contribution is 2.29. The molecule has 0 aromatic heterocycles. The number of rotatable bonds is 11. The maximum atomic E-state index is 12.1. The molecule has 1 aromatic rings. The van der Waals surface area contributed by atoms with E-state index in [0.29, 0.717) is 12.8 Å². The third-order valence-corrected chi connectivity index (χ3v) is 3.87. The fraction of sp³-hybridized carbons (Fsp3) is 0.611. The molecular weight excluding hydrogens is 262 g/mol. The lowest BCUT2D eigenvalue weighted by Gasteiger charge is -2.32. The number of primary amides is 1. The van der Waals surface area contributed by atoms with Crippen molar-refractivity contribution in [2.75, 3.05) is 0 Å². The summed E-state index contributed by atoms with van der Waals surface area (Å²) in [6, 6.07) is 9.54. The van der Waals surface area contributed by atoms with Gasteiger partial charge < -0.3 is 10.5 Å². The van der Waals surface area contributed by atoms with Crippen LogP contribution in [-0.4, -0.2) is 11.5 Å². The predicted molar refractivity (Wildman–Crippen MR) is 87.3 cm³/mol. The van der Waals surface area contributed by atoms with Crippen molar-refractivity contribution in [1.82, 2.24) is 0 Å². The number of hydrogen-bond acceptors (Lipinski definition) is 2. The second-order valence-electron chi connectivity index (χ2n) is 5.69. The maximum Gasteiger partial charge on any atom is 0.261 e. The van der Waals surface area contributed by atoms with Gasteiger partial charge in [-0.3, -0.25) is 4.79 Å². The number of carbonyl (C=O) groups is 1. The van der Waals surface area contributed by atoms with E-state index in [9.17, 15) is 4.79 Å². The van der Waals surface area contributed by atoms with Crippen LogP contribution in [0.1, 0.15) is 65.2 Å². The molecule has 0 saturated heterocycles. The van der Waals surface area contributed by atoms with Crippen molar-refractivity contribution >= 4 is 5.91 Å². The number of para-hydroxylation sites is 1. The van der Waals surface area contributed by atoms with Crippen LogP contribution in [0.3, 0.4) is 0 Å². The average molecular weight is 291 g/mol. The third kappa shape index (κ3) is 5.78. The Balaban J connectivity index is 2.84. The molecule has 21 heavy (non-hydrogen) atoms. The van der Waals surface area contributed by atoms with Gasteiger partial charge in [0.05, 0.1) is 0 Å². The molecule has 1 rings (SSSR count). The lowest BCUT2D eigenvalue weighted by atomic mass is 9.89. The van der Waals surface area contributed by atoms with Crippen LogP contribution in [0.4, 0.5) is 0 Å². The van der Waals surface area contributed by atoms with E-state index in [1.165, 1.54) is 0 Å². The van der Waals surface area contributed by atoms with Crippen LogP contribution in [0, 0.1) is 0 Å². The van der Waals surface area contributed by atoms with E-state index in [4.69, 9.17) is 10.5 Å². The van der Waals surface area contributed by atoms with E-state index in [1.807, 2.05) is 30.3 Å². The average Bonchev–Trinajstić information content (AvgIpc) is 2.48. The summed E-state index contributed by atoms with van der Waals surface area (Å²) in [5.41, 5.74) is 4.86. The van der Waals surface area contributed by atoms with Gasteiger partial charge >= 0.3 is 0 Å². The van der Waals surface area contributed by atoms with Crippen molar-refractivity contribution < 1.29 is 9.53 Å². The fourth-order valence-corrected chi connectivity index (χ4v) is 2.56. The first-order valence-corrected chi connectivity index (χ1v) is 8.18. The van der Waals surface area contributed by atoms with Gasteiger partial charge in [0.15, 0.2) is 5.60 Å². The number of amides is 1. The minimum Gasteiger partial charge on any atom is -0.477 e. The number of carbonyl (C=O) groups excluding carboxylic acids is 1. The van der Waals surface area contributed by atoms with Gasteiger partial charge in [-0.25, -0.2) is 0 Å². The summed E-state index contributed by atoms with van der Waals surface area (Å²) >= 11 is 0. The van der Waals surface area contributed by atoms with Crippen molar-refractivity contribution in [2.45, 2.75) is 70.8 Å². The van der Waals surface area contributed by atoms with Crippen molar-refractivity contribution in [2.24, 2.45) is 5.73 Å². The smallest absolute Gasteiger partial charge is 0.261 e. The van der Waals surface area contributed by atoms with E-state index in [1.54, 1.807) is 0 Å². The number of ether oxygens (including phenoxy) is 1. The van der Waals surface area contributed by atoms with Crippen LogP contribution in [0.2, 0.25) is 0 Å². The molecule has 1 amide bonds. The second-order valence-corrected chi connectivity index (χ2v) is 5.69. The minimum atomic E-state index is -0.855. The van der Waals surface area contributed by atoms with Gasteiger partial charge in [0.25, 0.3) is 5.91 Å². The number of hydrogen-bond donors (Lipinski definition) is 1. The molecule has 0 atom stereocenters. The summed E-state index contributed by atoms with van der Waals surface area (Å²) in [7, 11) is 0.